The summed E-state index contributed by atoms with van der Waals surface area (Å²) in [6, 6.07) is 8.56. The minimum atomic E-state index is 0.330. The minimum Gasteiger partial charge on any atom is -0.491 e. The summed E-state index contributed by atoms with van der Waals surface area (Å²) in [6.07, 6.45) is 16.7. The van der Waals surface area contributed by atoms with Gasteiger partial charge in [-0.1, -0.05) is 56.9 Å². The summed E-state index contributed by atoms with van der Waals surface area (Å²) in [4.78, 5) is 0. The molecule has 1 aliphatic rings. The molecule has 0 aliphatic carbocycles. The van der Waals surface area contributed by atoms with Gasteiger partial charge < -0.3 is 9.47 Å². The monoisotopic (exact) mass is 316 g/mol. The van der Waals surface area contributed by atoms with Crippen LogP contribution in [0.5, 0.6) is 5.75 Å². The molecule has 23 heavy (non-hydrogen) atoms. The molecule has 2 rings (SSSR count). The van der Waals surface area contributed by atoms with Gasteiger partial charge in [0.2, 0.25) is 0 Å². The number of hydrogen-bond donors (Lipinski definition) is 0. The first-order valence-electron chi connectivity index (χ1n) is 9.37. The third kappa shape index (κ3) is 8.80. The van der Waals surface area contributed by atoms with Crippen LogP contribution in [0, 0.1) is 0 Å². The maximum absolute atomic E-state index is 5.66. The molecular weight excluding hydrogens is 284 g/mol. The smallest absolute Gasteiger partial charge is 0.119 e. The van der Waals surface area contributed by atoms with E-state index in [4.69, 9.17) is 9.47 Å². The maximum Gasteiger partial charge on any atom is 0.119 e. The van der Waals surface area contributed by atoms with Crippen LogP contribution in [-0.2, 0) is 11.2 Å². The summed E-state index contributed by atoms with van der Waals surface area (Å²) in [5.41, 5.74) is 1.42. The normalized spacial score (nSPS) is 16.8. The zero-order valence-corrected chi connectivity index (χ0v) is 14.6. The van der Waals surface area contributed by atoms with Crippen LogP contribution in [0.3, 0.4) is 0 Å². The second-order valence-electron chi connectivity index (χ2n) is 6.48. The Morgan fingerprint density at radius 3 is 2.43 bits per heavy atom. The topological polar surface area (TPSA) is 21.8 Å². The van der Waals surface area contributed by atoms with Crippen LogP contribution in [0.25, 0.3) is 0 Å². The fraction of sp³-hybridized carbons (Fsp3) is 0.619. The second-order valence-corrected chi connectivity index (χ2v) is 6.48. The van der Waals surface area contributed by atoms with Gasteiger partial charge in [-0.05, 0) is 49.8 Å². The van der Waals surface area contributed by atoms with Crippen molar-refractivity contribution >= 4 is 0 Å². The third-order valence-corrected chi connectivity index (χ3v) is 4.22. The lowest BCUT2D eigenvalue weighted by Crippen LogP contribution is -2.03. The molecule has 0 bridgehead atoms. The highest BCUT2D eigenvalue weighted by Crippen LogP contribution is 2.17. The van der Waals surface area contributed by atoms with Crippen molar-refractivity contribution in [1.82, 2.24) is 0 Å². The quantitative estimate of drug-likeness (QED) is 0.264. The molecular formula is C21H32O2. The van der Waals surface area contributed by atoms with E-state index in [0.29, 0.717) is 12.7 Å². The molecule has 1 atom stereocenters. The zero-order valence-electron chi connectivity index (χ0n) is 14.6. The lowest BCUT2D eigenvalue weighted by Gasteiger charge is -2.06. The van der Waals surface area contributed by atoms with E-state index in [1.807, 2.05) is 0 Å². The van der Waals surface area contributed by atoms with Crippen molar-refractivity contribution in [3.63, 3.8) is 0 Å². The van der Waals surface area contributed by atoms with Crippen LogP contribution in [-0.4, -0.2) is 19.3 Å². The van der Waals surface area contributed by atoms with Crippen LogP contribution in [0.4, 0.5) is 0 Å². The van der Waals surface area contributed by atoms with Gasteiger partial charge in [0.05, 0.1) is 6.61 Å². The zero-order chi connectivity index (χ0) is 16.2. The number of ether oxygens (including phenoxy) is 2. The Labute approximate surface area is 141 Å². The summed E-state index contributed by atoms with van der Waals surface area (Å²) in [7, 11) is 0. The molecule has 0 saturated carbocycles. The van der Waals surface area contributed by atoms with Gasteiger partial charge in [0.1, 0.15) is 18.5 Å². The predicted molar refractivity (Wildman–Crippen MR) is 97.1 cm³/mol. The average Bonchev–Trinajstić information content (AvgIpc) is 3.40. The van der Waals surface area contributed by atoms with E-state index in [-0.39, 0.29) is 0 Å². The van der Waals surface area contributed by atoms with Crippen molar-refractivity contribution in [3.05, 3.63) is 42.0 Å². The fourth-order valence-corrected chi connectivity index (χ4v) is 2.63. The van der Waals surface area contributed by atoms with Crippen molar-refractivity contribution in [3.8, 4) is 5.75 Å². The number of rotatable bonds is 13. The Morgan fingerprint density at radius 2 is 1.70 bits per heavy atom. The Balaban J connectivity index is 1.45. The SMILES string of the molecule is CCC/C=C/CCCCCCCc1ccc(OCC2CO2)cc1. The highest BCUT2D eigenvalue weighted by Gasteiger charge is 2.22. The molecule has 2 nitrogen and oxygen atoms in total. The molecule has 0 amide bonds. The number of benzene rings is 1. The van der Waals surface area contributed by atoms with E-state index in [1.54, 1.807) is 0 Å². The molecule has 128 valence electrons. The minimum absolute atomic E-state index is 0.330. The number of epoxide rings is 1. The van der Waals surface area contributed by atoms with Crippen molar-refractivity contribution < 1.29 is 9.47 Å². The molecule has 1 heterocycles. The first-order chi connectivity index (χ1) is 11.4. The largest absolute Gasteiger partial charge is 0.491 e. The number of hydrogen-bond acceptors (Lipinski definition) is 2. The van der Waals surface area contributed by atoms with Gasteiger partial charge in [0, 0.05) is 0 Å². The Morgan fingerprint density at radius 1 is 1.00 bits per heavy atom. The first kappa shape index (κ1) is 18.1. The van der Waals surface area contributed by atoms with Gasteiger partial charge in [-0.2, -0.15) is 0 Å². The fourth-order valence-electron chi connectivity index (χ4n) is 2.63. The maximum atomic E-state index is 5.66. The molecule has 2 heteroatoms. The predicted octanol–water partition coefficient (Wildman–Crippen LogP) is 5.70. The average molecular weight is 316 g/mol. The van der Waals surface area contributed by atoms with Crippen molar-refractivity contribution in [1.29, 1.82) is 0 Å². The molecule has 0 spiro atoms. The van der Waals surface area contributed by atoms with E-state index >= 15 is 0 Å². The lowest BCUT2D eigenvalue weighted by molar-refractivity contribution is 0.263. The number of aryl methyl sites for hydroxylation is 1. The summed E-state index contributed by atoms with van der Waals surface area (Å²) in [5.74, 6) is 0.959. The van der Waals surface area contributed by atoms with Crippen LogP contribution < -0.4 is 4.74 Å². The third-order valence-electron chi connectivity index (χ3n) is 4.22. The molecule has 1 saturated heterocycles. The molecule has 0 radical (unpaired) electrons. The van der Waals surface area contributed by atoms with Crippen molar-refractivity contribution in [2.45, 2.75) is 70.8 Å². The number of unbranched alkanes of at least 4 members (excludes halogenated alkanes) is 6. The molecule has 0 N–H and O–H groups in total. The van der Waals surface area contributed by atoms with E-state index in [1.165, 1.54) is 63.4 Å². The van der Waals surface area contributed by atoms with Crippen LogP contribution >= 0.6 is 0 Å². The summed E-state index contributed by atoms with van der Waals surface area (Å²) >= 11 is 0. The van der Waals surface area contributed by atoms with E-state index in [0.717, 1.165) is 12.4 Å². The molecule has 1 aromatic carbocycles. The van der Waals surface area contributed by atoms with Crippen LogP contribution in [0.2, 0.25) is 0 Å². The molecule has 1 fully saturated rings. The second kappa shape index (κ2) is 11.3. The van der Waals surface area contributed by atoms with Gasteiger partial charge in [0.25, 0.3) is 0 Å². The van der Waals surface area contributed by atoms with E-state index in [9.17, 15) is 0 Å². The molecule has 1 aliphatic heterocycles. The van der Waals surface area contributed by atoms with Crippen LogP contribution in [0.15, 0.2) is 36.4 Å². The van der Waals surface area contributed by atoms with Crippen LogP contribution in [0.1, 0.15) is 63.9 Å². The van der Waals surface area contributed by atoms with Gasteiger partial charge in [0.15, 0.2) is 0 Å². The van der Waals surface area contributed by atoms with Crippen molar-refractivity contribution in [2.24, 2.45) is 0 Å². The molecule has 0 aromatic heterocycles. The van der Waals surface area contributed by atoms with E-state index < -0.39 is 0 Å². The lowest BCUT2D eigenvalue weighted by atomic mass is 10.0. The van der Waals surface area contributed by atoms with Gasteiger partial charge in [-0.25, -0.2) is 0 Å². The van der Waals surface area contributed by atoms with E-state index in [2.05, 4.69) is 43.3 Å². The standard InChI is InChI=1S/C21H32O2/c1-2-3-4-5-6-7-8-9-10-11-12-19-13-15-20(16-14-19)22-17-21-18-23-21/h4-5,13-16,21H,2-3,6-12,17-18H2,1H3/b5-4+. The number of allylic oxidation sites excluding steroid dienone is 2. The summed E-state index contributed by atoms with van der Waals surface area (Å²) in [6.45, 7) is 3.77. The Kier molecular flexibility index (Phi) is 8.86. The summed E-state index contributed by atoms with van der Waals surface area (Å²) < 4.78 is 10.8. The Hall–Kier alpha value is -1.28. The highest BCUT2D eigenvalue weighted by molar-refractivity contribution is 5.27. The highest BCUT2D eigenvalue weighted by atomic mass is 16.6. The van der Waals surface area contributed by atoms with Gasteiger partial charge in [-0.15, -0.1) is 0 Å². The van der Waals surface area contributed by atoms with Gasteiger partial charge >= 0.3 is 0 Å². The summed E-state index contributed by atoms with van der Waals surface area (Å²) in [5, 5.41) is 0. The van der Waals surface area contributed by atoms with Gasteiger partial charge in [-0.3, -0.25) is 0 Å². The van der Waals surface area contributed by atoms with Crippen molar-refractivity contribution in [2.75, 3.05) is 13.2 Å². The molecule has 1 aromatic rings. The Bertz CT molecular complexity index is 432. The first-order valence-corrected chi connectivity index (χ1v) is 9.37. The molecule has 1 unspecified atom stereocenters.